The van der Waals surface area contributed by atoms with Crippen LogP contribution in [0.5, 0.6) is 0 Å². The van der Waals surface area contributed by atoms with Gasteiger partial charge in [-0.1, -0.05) is 164 Å². The fourth-order valence-corrected chi connectivity index (χ4v) is 6.03. The maximum atomic E-state index is 3.94. The maximum absolute atomic E-state index is 3.94. The van der Waals surface area contributed by atoms with Crippen LogP contribution in [0, 0.1) is 0 Å². The first-order chi connectivity index (χ1) is 19.8. The van der Waals surface area contributed by atoms with Gasteiger partial charge in [-0.15, -0.1) is 0 Å². The summed E-state index contributed by atoms with van der Waals surface area (Å²) in [4.78, 5) is 0. The number of benzene rings is 7. The van der Waals surface area contributed by atoms with Gasteiger partial charge < -0.3 is 0 Å². The van der Waals surface area contributed by atoms with E-state index in [2.05, 4.69) is 158 Å². The Hall–Kier alpha value is -5.20. The molecule has 0 amide bonds. The lowest BCUT2D eigenvalue weighted by Gasteiger charge is -2.22. The summed E-state index contributed by atoms with van der Waals surface area (Å²) in [6, 6.07) is 54.8. The second-order valence-electron chi connectivity index (χ2n) is 10.1. The Morgan fingerprint density at radius 3 is 1.20 bits per heavy atom. The van der Waals surface area contributed by atoms with Crippen molar-refractivity contribution >= 4 is 27.6 Å². The number of rotatable bonds is 5. The molecule has 7 aromatic rings. The Morgan fingerprint density at radius 2 is 0.750 bits per heavy atom. The van der Waals surface area contributed by atoms with Crippen LogP contribution in [0.4, 0.5) is 0 Å². The molecule has 0 aromatic heterocycles. The van der Waals surface area contributed by atoms with Crippen molar-refractivity contribution in [3.8, 4) is 44.5 Å². The molecule has 0 radical (unpaired) electrons. The van der Waals surface area contributed by atoms with E-state index in [0.717, 1.165) is 5.56 Å². The van der Waals surface area contributed by atoms with Crippen molar-refractivity contribution in [1.29, 1.82) is 0 Å². The van der Waals surface area contributed by atoms with Gasteiger partial charge in [-0.2, -0.15) is 0 Å². The van der Waals surface area contributed by atoms with Crippen molar-refractivity contribution < 1.29 is 0 Å². The van der Waals surface area contributed by atoms with Crippen molar-refractivity contribution in [3.63, 3.8) is 0 Å². The molecule has 0 N–H and O–H groups in total. The summed E-state index contributed by atoms with van der Waals surface area (Å²) in [6.07, 6.45) is 1.90. The van der Waals surface area contributed by atoms with Gasteiger partial charge in [0.1, 0.15) is 0 Å². The zero-order valence-electron chi connectivity index (χ0n) is 22.2. The van der Waals surface area contributed by atoms with Crippen LogP contribution in [0.2, 0.25) is 0 Å². The summed E-state index contributed by atoms with van der Waals surface area (Å²) >= 11 is 0. The van der Waals surface area contributed by atoms with Gasteiger partial charge in [0.15, 0.2) is 0 Å². The lowest BCUT2D eigenvalue weighted by Crippen LogP contribution is -1.95. The van der Waals surface area contributed by atoms with E-state index < -0.39 is 0 Å². The monoisotopic (exact) mass is 508 g/mol. The molecule has 0 unspecified atom stereocenters. The highest BCUT2D eigenvalue weighted by atomic mass is 14.2. The third-order valence-electron chi connectivity index (χ3n) is 7.85. The first kappa shape index (κ1) is 23.9. The average Bonchev–Trinajstić information content (AvgIpc) is 3.04. The standard InChI is InChI=1S/C40H28/c1-2-28-24-26-31(27-25-28)38-34-18-9-11-20-36(34)40(37-21-12-10-19-35(37)38)39-32(29-14-5-3-6-15-29)22-13-23-33(39)30-16-7-4-8-17-30/h2-27H,1H2. The molecular weight excluding hydrogens is 480 g/mol. The molecule has 0 aliphatic heterocycles. The van der Waals surface area contributed by atoms with Crippen molar-refractivity contribution in [2.45, 2.75) is 0 Å². The Kier molecular flexibility index (Phi) is 6.07. The predicted octanol–water partition coefficient (Wildman–Crippen LogP) is 11.3. The second-order valence-corrected chi connectivity index (χ2v) is 10.1. The zero-order chi connectivity index (χ0) is 26.9. The van der Waals surface area contributed by atoms with Gasteiger partial charge in [-0.3, -0.25) is 0 Å². The zero-order valence-corrected chi connectivity index (χ0v) is 22.2. The summed E-state index contributed by atoms with van der Waals surface area (Å²) in [5.41, 5.74) is 11.0. The van der Waals surface area contributed by atoms with Gasteiger partial charge in [-0.05, 0) is 71.6 Å². The smallest absolute Gasteiger partial charge is 0.00139 e. The highest BCUT2D eigenvalue weighted by Crippen LogP contribution is 2.49. The molecule has 0 nitrogen and oxygen atoms in total. The molecule has 0 heterocycles. The fraction of sp³-hybridized carbons (Fsp3) is 0. The highest BCUT2D eigenvalue weighted by molar-refractivity contribution is 6.23. The van der Waals surface area contributed by atoms with Crippen LogP contribution < -0.4 is 0 Å². The van der Waals surface area contributed by atoms with Crippen LogP contribution in [0.25, 0.3) is 72.1 Å². The lowest BCUT2D eigenvalue weighted by molar-refractivity contribution is 1.58. The average molecular weight is 509 g/mol. The Bertz CT molecular complexity index is 1860. The molecule has 0 saturated heterocycles. The second kappa shape index (κ2) is 10.2. The van der Waals surface area contributed by atoms with E-state index in [-0.39, 0.29) is 0 Å². The van der Waals surface area contributed by atoms with E-state index in [9.17, 15) is 0 Å². The quantitative estimate of drug-likeness (QED) is 0.203. The van der Waals surface area contributed by atoms with E-state index in [1.807, 2.05) is 6.08 Å². The molecule has 40 heavy (non-hydrogen) atoms. The Balaban J connectivity index is 1.66. The topological polar surface area (TPSA) is 0 Å². The van der Waals surface area contributed by atoms with E-state index in [1.165, 1.54) is 66.1 Å². The van der Waals surface area contributed by atoms with Crippen LogP contribution in [-0.4, -0.2) is 0 Å². The first-order valence-electron chi connectivity index (χ1n) is 13.7. The summed E-state index contributed by atoms with van der Waals surface area (Å²) < 4.78 is 0. The largest absolute Gasteiger partial charge is 0.0985 e. The Morgan fingerprint density at radius 1 is 0.325 bits per heavy atom. The summed E-state index contributed by atoms with van der Waals surface area (Å²) in [7, 11) is 0. The van der Waals surface area contributed by atoms with Crippen LogP contribution >= 0.6 is 0 Å². The third-order valence-corrected chi connectivity index (χ3v) is 7.85. The molecule has 0 aliphatic rings. The molecule has 0 heteroatoms. The molecule has 0 fully saturated rings. The molecule has 7 rings (SSSR count). The summed E-state index contributed by atoms with van der Waals surface area (Å²) in [5.74, 6) is 0. The fourth-order valence-electron chi connectivity index (χ4n) is 6.03. The van der Waals surface area contributed by atoms with E-state index in [4.69, 9.17) is 0 Å². The minimum atomic E-state index is 1.12. The number of hydrogen-bond acceptors (Lipinski definition) is 0. The van der Waals surface area contributed by atoms with Crippen LogP contribution in [0.3, 0.4) is 0 Å². The number of hydrogen-bond donors (Lipinski definition) is 0. The van der Waals surface area contributed by atoms with E-state index >= 15 is 0 Å². The van der Waals surface area contributed by atoms with Gasteiger partial charge in [-0.25, -0.2) is 0 Å². The minimum Gasteiger partial charge on any atom is -0.0985 e. The third kappa shape index (κ3) is 4.02. The molecule has 0 spiro atoms. The molecule has 7 aromatic carbocycles. The van der Waals surface area contributed by atoms with Gasteiger partial charge >= 0.3 is 0 Å². The van der Waals surface area contributed by atoms with E-state index in [0.29, 0.717) is 0 Å². The predicted molar refractivity (Wildman–Crippen MR) is 173 cm³/mol. The molecule has 0 saturated carbocycles. The van der Waals surface area contributed by atoms with Crippen LogP contribution in [0.15, 0.2) is 158 Å². The molecule has 0 bridgehead atoms. The van der Waals surface area contributed by atoms with Crippen molar-refractivity contribution in [1.82, 2.24) is 0 Å². The SMILES string of the molecule is C=Cc1ccc(-c2c3ccccc3c(-c3c(-c4ccccc4)cccc3-c3ccccc3)c3ccccc23)cc1. The minimum absolute atomic E-state index is 1.12. The first-order valence-corrected chi connectivity index (χ1v) is 13.7. The highest BCUT2D eigenvalue weighted by Gasteiger charge is 2.21. The van der Waals surface area contributed by atoms with Crippen LogP contribution in [0.1, 0.15) is 5.56 Å². The summed E-state index contributed by atoms with van der Waals surface area (Å²) in [5, 5.41) is 5.02. The summed E-state index contributed by atoms with van der Waals surface area (Å²) in [6.45, 7) is 3.94. The molecule has 0 atom stereocenters. The van der Waals surface area contributed by atoms with Gasteiger partial charge in [0, 0.05) is 0 Å². The van der Waals surface area contributed by atoms with Crippen molar-refractivity contribution in [2.75, 3.05) is 0 Å². The lowest BCUT2D eigenvalue weighted by atomic mass is 9.81. The number of fused-ring (bicyclic) bond motifs is 2. The van der Waals surface area contributed by atoms with Crippen LogP contribution in [-0.2, 0) is 0 Å². The maximum Gasteiger partial charge on any atom is -0.00139 e. The van der Waals surface area contributed by atoms with Crippen molar-refractivity contribution in [2.24, 2.45) is 0 Å². The van der Waals surface area contributed by atoms with Gasteiger partial charge in [0.25, 0.3) is 0 Å². The van der Waals surface area contributed by atoms with Gasteiger partial charge in [0.05, 0.1) is 0 Å². The van der Waals surface area contributed by atoms with Crippen molar-refractivity contribution in [3.05, 3.63) is 164 Å². The van der Waals surface area contributed by atoms with Gasteiger partial charge in [0.2, 0.25) is 0 Å². The normalized spacial score (nSPS) is 11.1. The molecule has 0 aliphatic carbocycles. The van der Waals surface area contributed by atoms with E-state index in [1.54, 1.807) is 0 Å². The molecule has 188 valence electrons. The molecular formula is C40H28. The Labute approximate surface area is 235 Å².